The fourth-order valence-electron chi connectivity index (χ4n) is 3.75. The predicted octanol–water partition coefficient (Wildman–Crippen LogP) is 3.33. The van der Waals surface area contributed by atoms with Crippen molar-refractivity contribution in [3.63, 3.8) is 0 Å². The maximum Gasteiger partial charge on any atom is 0.244 e. The van der Waals surface area contributed by atoms with Crippen molar-refractivity contribution in [2.75, 3.05) is 31.3 Å². The molecule has 0 spiro atoms. The lowest BCUT2D eigenvalue weighted by atomic mass is 10.1. The van der Waals surface area contributed by atoms with Crippen molar-refractivity contribution in [1.82, 2.24) is 10.2 Å². The van der Waals surface area contributed by atoms with Crippen LogP contribution in [0.2, 0.25) is 0 Å². The van der Waals surface area contributed by atoms with Gasteiger partial charge in [0.2, 0.25) is 21.8 Å². The number of carbonyl (C=O) groups excluding carboxylic acids is 2. The predicted molar refractivity (Wildman–Crippen MR) is 141 cm³/mol. The zero-order valence-corrected chi connectivity index (χ0v) is 23.2. The van der Waals surface area contributed by atoms with E-state index in [2.05, 4.69) is 5.32 Å². The Kier molecular flexibility index (Phi) is 9.91. The molecule has 1 N–H and O–H groups in total. The molecule has 9 nitrogen and oxygen atoms in total. The van der Waals surface area contributed by atoms with E-state index in [-0.39, 0.29) is 24.6 Å². The zero-order chi connectivity index (χ0) is 28.0. The normalized spacial score (nSPS) is 12.4. The number of amides is 2. The summed E-state index contributed by atoms with van der Waals surface area (Å²) in [6, 6.07) is 9.19. The van der Waals surface area contributed by atoms with Gasteiger partial charge in [0, 0.05) is 18.2 Å². The van der Waals surface area contributed by atoms with Crippen LogP contribution in [0.25, 0.3) is 0 Å². The second kappa shape index (κ2) is 12.3. The first-order valence-electron chi connectivity index (χ1n) is 11.8. The van der Waals surface area contributed by atoms with E-state index in [1.807, 2.05) is 20.8 Å². The first-order valence-corrected chi connectivity index (χ1v) is 13.6. The minimum absolute atomic E-state index is 0.0152. The Morgan fingerprint density at radius 2 is 1.62 bits per heavy atom. The number of ether oxygens (including phenoxy) is 2. The van der Waals surface area contributed by atoms with Gasteiger partial charge in [-0.2, -0.15) is 0 Å². The fourth-order valence-corrected chi connectivity index (χ4v) is 4.59. The molecule has 0 aliphatic heterocycles. The van der Waals surface area contributed by atoms with Gasteiger partial charge in [0.1, 0.15) is 18.4 Å². The molecule has 204 valence electrons. The van der Waals surface area contributed by atoms with E-state index < -0.39 is 39.9 Å². The number of carbonyl (C=O) groups is 2. The van der Waals surface area contributed by atoms with E-state index in [9.17, 15) is 22.4 Å². The minimum atomic E-state index is -3.91. The lowest BCUT2D eigenvalue weighted by molar-refractivity contribution is -0.141. The number of anilines is 1. The molecule has 2 aromatic rings. The second-order valence-corrected chi connectivity index (χ2v) is 11.5. The summed E-state index contributed by atoms with van der Waals surface area (Å²) in [6.45, 7) is 6.67. The first kappa shape index (κ1) is 29.9. The minimum Gasteiger partial charge on any atom is -0.493 e. The highest BCUT2D eigenvalue weighted by atomic mass is 32.2. The summed E-state index contributed by atoms with van der Waals surface area (Å²) >= 11 is 0. The number of hydrogen-bond donors (Lipinski definition) is 1. The van der Waals surface area contributed by atoms with E-state index in [0.29, 0.717) is 17.1 Å². The van der Waals surface area contributed by atoms with Gasteiger partial charge < -0.3 is 19.7 Å². The van der Waals surface area contributed by atoms with Gasteiger partial charge >= 0.3 is 0 Å². The number of rotatable bonds is 11. The Morgan fingerprint density at radius 1 is 1.03 bits per heavy atom. The number of hydrogen-bond acceptors (Lipinski definition) is 6. The van der Waals surface area contributed by atoms with E-state index >= 15 is 0 Å². The molecule has 0 radical (unpaired) electrons. The van der Waals surface area contributed by atoms with E-state index in [0.717, 1.165) is 10.6 Å². The highest BCUT2D eigenvalue weighted by molar-refractivity contribution is 7.92. The topological polar surface area (TPSA) is 105 Å². The van der Waals surface area contributed by atoms with Crippen molar-refractivity contribution in [3.05, 3.63) is 53.8 Å². The Hall–Kier alpha value is -3.34. The molecule has 0 heterocycles. The van der Waals surface area contributed by atoms with Crippen LogP contribution in [0, 0.1) is 5.82 Å². The van der Waals surface area contributed by atoms with Crippen LogP contribution in [0.15, 0.2) is 42.5 Å². The summed E-state index contributed by atoms with van der Waals surface area (Å²) in [5.74, 6) is -0.715. The zero-order valence-electron chi connectivity index (χ0n) is 22.4. The van der Waals surface area contributed by atoms with E-state index in [1.165, 1.54) is 55.5 Å². The quantitative estimate of drug-likeness (QED) is 0.472. The molecule has 2 rings (SSSR count). The lowest BCUT2D eigenvalue weighted by Crippen LogP contribution is -2.55. The molecule has 1 atom stereocenters. The average molecular weight is 538 g/mol. The van der Waals surface area contributed by atoms with Gasteiger partial charge in [-0.1, -0.05) is 19.1 Å². The van der Waals surface area contributed by atoms with Crippen LogP contribution in [0.5, 0.6) is 11.5 Å². The van der Waals surface area contributed by atoms with E-state index in [1.54, 1.807) is 13.0 Å². The van der Waals surface area contributed by atoms with Gasteiger partial charge in [-0.05, 0) is 57.0 Å². The van der Waals surface area contributed by atoms with Crippen LogP contribution in [0.4, 0.5) is 10.1 Å². The van der Waals surface area contributed by atoms with Gasteiger partial charge in [-0.15, -0.1) is 0 Å². The molecule has 0 bridgehead atoms. The van der Waals surface area contributed by atoms with E-state index in [4.69, 9.17) is 9.47 Å². The third-order valence-corrected chi connectivity index (χ3v) is 6.63. The molecule has 0 fully saturated rings. The maximum absolute atomic E-state index is 13.7. The van der Waals surface area contributed by atoms with Gasteiger partial charge in [0.05, 0.1) is 26.2 Å². The summed E-state index contributed by atoms with van der Waals surface area (Å²) in [4.78, 5) is 28.2. The summed E-state index contributed by atoms with van der Waals surface area (Å²) in [6.07, 6.45) is 1.27. The average Bonchev–Trinajstić information content (AvgIpc) is 2.81. The molecule has 2 aromatic carbocycles. The van der Waals surface area contributed by atoms with Gasteiger partial charge in [0.25, 0.3) is 0 Å². The van der Waals surface area contributed by atoms with Gasteiger partial charge in [-0.25, -0.2) is 12.8 Å². The number of methoxy groups -OCH3 is 2. The van der Waals surface area contributed by atoms with Crippen LogP contribution in [0.3, 0.4) is 0 Å². The van der Waals surface area contributed by atoms with Crippen molar-refractivity contribution in [2.45, 2.75) is 52.2 Å². The monoisotopic (exact) mass is 537 g/mol. The third-order valence-electron chi connectivity index (χ3n) is 5.48. The number of nitrogens with zero attached hydrogens (tertiary/aromatic N) is 2. The molecular weight excluding hydrogens is 501 g/mol. The molecule has 0 unspecified atom stereocenters. The highest BCUT2D eigenvalue weighted by Gasteiger charge is 2.33. The smallest absolute Gasteiger partial charge is 0.244 e. The van der Waals surface area contributed by atoms with Crippen LogP contribution in [0.1, 0.15) is 39.7 Å². The van der Waals surface area contributed by atoms with Gasteiger partial charge in [-0.3, -0.25) is 13.9 Å². The number of benzene rings is 2. The Labute approximate surface area is 218 Å². The van der Waals surface area contributed by atoms with Crippen LogP contribution < -0.4 is 19.1 Å². The van der Waals surface area contributed by atoms with Crippen LogP contribution >= 0.6 is 0 Å². The maximum atomic E-state index is 13.7. The molecule has 11 heteroatoms. The van der Waals surface area contributed by atoms with Crippen molar-refractivity contribution >= 4 is 27.5 Å². The summed E-state index contributed by atoms with van der Waals surface area (Å²) in [5.41, 5.74) is 0.240. The molecule has 0 aliphatic rings. The molecule has 37 heavy (non-hydrogen) atoms. The molecule has 0 saturated carbocycles. The third kappa shape index (κ3) is 8.34. The van der Waals surface area contributed by atoms with Crippen molar-refractivity contribution in [1.29, 1.82) is 0 Å². The van der Waals surface area contributed by atoms with Crippen LogP contribution in [-0.2, 0) is 26.2 Å². The Balaban J connectivity index is 2.50. The number of sulfonamides is 1. The summed E-state index contributed by atoms with van der Waals surface area (Å²) in [5, 5.41) is 2.89. The molecule has 2 amide bonds. The van der Waals surface area contributed by atoms with Crippen LogP contribution in [-0.4, -0.2) is 63.7 Å². The van der Waals surface area contributed by atoms with Gasteiger partial charge in [0.15, 0.2) is 11.5 Å². The Bertz CT molecular complexity index is 1200. The highest BCUT2D eigenvalue weighted by Crippen LogP contribution is 2.32. The molecule has 0 aromatic heterocycles. The number of halogens is 1. The fraction of sp³-hybridized carbons (Fsp3) is 0.462. The Morgan fingerprint density at radius 3 is 2.11 bits per heavy atom. The molecular formula is C26H36FN3O6S. The van der Waals surface area contributed by atoms with Crippen molar-refractivity contribution < 1.29 is 31.9 Å². The molecule has 0 aliphatic carbocycles. The van der Waals surface area contributed by atoms with Crippen molar-refractivity contribution in [3.8, 4) is 11.5 Å². The summed E-state index contributed by atoms with van der Waals surface area (Å²) in [7, 11) is -1.04. The second-order valence-electron chi connectivity index (χ2n) is 9.62. The SMILES string of the molecule is CC[C@H](C(=O)NC(C)(C)C)N(Cc1ccc(F)cc1)C(=O)CN(c1ccc(OC)c(OC)c1)S(C)(=O)=O. The summed E-state index contributed by atoms with van der Waals surface area (Å²) < 4.78 is 50.5. The lowest BCUT2D eigenvalue weighted by Gasteiger charge is -2.34. The first-order chi connectivity index (χ1) is 17.2. The van der Waals surface area contributed by atoms with Crippen molar-refractivity contribution in [2.24, 2.45) is 0 Å². The molecule has 0 saturated heterocycles. The standard InChI is InChI=1S/C26H36FN3O6S/c1-8-21(25(32)28-26(2,3)4)29(16-18-9-11-19(27)12-10-18)24(31)17-30(37(7,33)34)20-13-14-22(35-5)23(15-20)36-6/h9-15,21H,8,16-17H2,1-7H3,(H,28,32)/t21-/m1/s1. The largest absolute Gasteiger partial charge is 0.493 e. The number of nitrogens with one attached hydrogen (secondary N) is 1.